The molecule has 1 heterocycles. The van der Waals surface area contributed by atoms with E-state index in [1.807, 2.05) is 0 Å². The van der Waals surface area contributed by atoms with E-state index in [2.05, 4.69) is 11.6 Å². The van der Waals surface area contributed by atoms with E-state index in [0.29, 0.717) is 30.2 Å². The summed E-state index contributed by atoms with van der Waals surface area (Å²) in [6.07, 6.45) is 2.74. The highest BCUT2D eigenvalue weighted by molar-refractivity contribution is 5.87. The average molecular weight is 331 g/mol. The van der Waals surface area contributed by atoms with Crippen molar-refractivity contribution in [2.24, 2.45) is 0 Å². The fourth-order valence-electron chi connectivity index (χ4n) is 2.66. The van der Waals surface area contributed by atoms with Gasteiger partial charge in [-0.25, -0.2) is 18.6 Å². The summed E-state index contributed by atoms with van der Waals surface area (Å²) < 4.78 is 33.5. The SMILES string of the molecule is C=CC(F)(F)C1(c2ccc(Oc3ccc(C(=O)O)cn3)cc2)CC1. The first-order chi connectivity index (χ1) is 11.4. The number of hydrogen-bond donors (Lipinski definition) is 1. The van der Waals surface area contributed by atoms with Crippen LogP contribution in [0.15, 0.2) is 55.3 Å². The number of carboxylic acids is 1. The second-order valence-corrected chi connectivity index (χ2v) is 5.73. The molecule has 1 N–H and O–H groups in total. The van der Waals surface area contributed by atoms with Crippen LogP contribution in [0.5, 0.6) is 11.6 Å². The van der Waals surface area contributed by atoms with Crippen molar-refractivity contribution >= 4 is 5.97 Å². The monoisotopic (exact) mass is 331 g/mol. The van der Waals surface area contributed by atoms with Crippen molar-refractivity contribution in [1.82, 2.24) is 4.98 Å². The number of rotatable bonds is 6. The molecule has 4 nitrogen and oxygen atoms in total. The van der Waals surface area contributed by atoms with Crippen molar-refractivity contribution in [2.75, 3.05) is 0 Å². The largest absolute Gasteiger partial charge is 0.478 e. The molecule has 1 saturated carbocycles. The fourth-order valence-corrected chi connectivity index (χ4v) is 2.66. The predicted molar refractivity (Wildman–Crippen MR) is 83.8 cm³/mol. The summed E-state index contributed by atoms with van der Waals surface area (Å²) in [5.41, 5.74) is -0.553. The zero-order chi connectivity index (χ0) is 17.4. The van der Waals surface area contributed by atoms with E-state index in [0.717, 1.165) is 0 Å². The first-order valence-electron chi connectivity index (χ1n) is 7.37. The standard InChI is InChI=1S/C18H15F2NO3/c1-2-18(19,20)17(9-10-17)13-4-6-14(7-5-13)24-15-8-3-12(11-21-15)16(22)23/h2-8,11H,1,9-10H2,(H,22,23). The minimum atomic E-state index is -2.94. The van der Waals surface area contributed by atoms with Crippen molar-refractivity contribution in [3.05, 3.63) is 66.4 Å². The van der Waals surface area contributed by atoms with Crippen LogP contribution in [0.1, 0.15) is 28.8 Å². The van der Waals surface area contributed by atoms with Gasteiger partial charge in [0, 0.05) is 12.3 Å². The Labute approximate surface area is 137 Å². The molecule has 2 aromatic rings. The summed E-state index contributed by atoms with van der Waals surface area (Å²) in [6, 6.07) is 9.24. The molecule has 0 saturated heterocycles. The molecule has 6 heteroatoms. The normalized spacial score (nSPS) is 15.6. The van der Waals surface area contributed by atoms with Gasteiger partial charge in [-0.2, -0.15) is 0 Å². The van der Waals surface area contributed by atoms with Crippen LogP contribution in [0.25, 0.3) is 0 Å². The number of alkyl halides is 2. The number of halogens is 2. The summed E-state index contributed by atoms with van der Waals surface area (Å²) in [5.74, 6) is -3.35. The molecule has 0 radical (unpaired) electrons. The average Bonchev–Trinajstić information content (AvgIpc) is 3.38. The first-order valence-corrected chi connectivity index (χ1v) is 7.37. The van der Waals surface area contributed by atoms with Crippen LogP contribution in [0, 0.1) is 0 Å². The Hall–Kier alpha value is -2.76. The molecule has 1 aliphatic carbocycles. The van der Waals surface area contributed by atoms with Gasteiger partial charge in [-0.15, -0.1) is 0 Å². The lowest BCUT2D eigenvalue weighted by molar-refractivity contribution is 0.0120. The highest BCUT2D eigenvalue weighted by Gasteiger charge is 2.61. The second-order valence-electron chi connectivity index (χ2n) is 5.73. The molecule has 1 fully saturated rings. The molecule has 0 unspecified atom stereocenters. The van der Waals surface area contributed by atoms with E-state index in [9.17, 15) is 13.6 Å². The van der Waals surface area contributed by atoms with E-state index in [4.69, 9.17) is 9.84 Å². The summed E-state index contributed by atoms with van der Waals surface area (Å²) >= 11 is 0. The molecule has 0 atom stereocenters. The summed E-state index contributed by atoms with van der Waals surface area (Å²) in [7, 11) is 0. The Bertz CT molecular complexity index is 766. The van der Waals surface area contributed by atoms with Crippen LogP contribution in [0.2, 0.25) is 0 Å². The van der Waals surface area contributed by atoms with Crippen molar-refractivity contribution < 1.29 is 23.4 Å². The van der Waals surface area contributed by atoms with E-state index in [1.165, 1.54) is 18.3 Å². The zero-order valence-corrected chi connectivity index (χ0v) is 12.7. The molecular weight excluding hydrogens is 316 g/mol. The van der Waals surface area contributed by atoms with Gasteiger partial charge in [0.25, 0.3) is 5.92 Å². The van der Waals surface area contributed by atoms with Crippen LogP contribution in [-0.2, 0) is 5.41 Å². The van der Waals surface area contributed by atoms with Crippen molar-refractivity contribution in [3.8, 4) is 11.6 Å². The highest BCUT2D eigenvalue weighted by Crippen LogP contribution is 2.58. The maximum absolute atomic E-state index is 14.0. The second kappa shape index (κ2) is 5.70. The van der Waals surface area contributed by atoms with Gasteiger partial charge in [0.05, 0.1) is 11.0 Å². The molecule has 124 valence electrons. The maximum Gasteiger partial charge on any atom is 0.337 e. The number of pyridine rings is 1. The van der Waals surface area contributed by atoms with Gasteiger partial charge in [0.15, 0.2) is 0 Å². The molecule has 0 bridgehead atoms. The topological polar surface area (TPSA) is 59.4 Å². The maximum atomic E-state index is 14.0. The van der Waals surface area contributed by atoms with Crippen LogP contribution in [0.3, 0.4) is 0 Å². The first kappa shape index (κ1) is 16.1. The highest BCUT2D eigenvalue weighted by atomic mass is 19.3. The van der Waals surface area contributed by atoms with Gasteiger partial charge >= 0.3 is 5.97 Å². The van der Waals surface area contributed by atoms with Crippen LogP contribution in [0.4, 0.5) is 8.78 Å². The molecular formula is C18H15F2NO3. The van der Waals surface area contributed by atoms with Gasteiger partial charge in [-0.3, -0.25) is 0 Å². The number of carbonyl (C=O) groups is 1. The lowest BCUT2D eigenvalue weighted by atomic mass is 9.89. The third-order valence-electron chi connectivity index (χ3n) is 4.26. The number of hydrogen-bond acceptors (Lipinski definition) is 3. The molecule has 1 aliphatic rings. The molecule has 1 aromatic carbocycles. The third kappa shape index (κ3) is 2.75. The lowest BCUT2D eigenvalue weighted by Gasteiger charge is -2.24. The van der Waals surface area contributed by atoms with Gasteiger partial charge in [0.2, 0.25) is 5.88 Å². The Morgan fingerprint density at radius 3 is 2.38 bits per heavy atom. The van der Waals surface area contributed by atoms with E-state index in [-0.39, 0.29) is 11.4 Å². The quantitative estimate of drug-likeness (QED) is 0.796. The zero-order valence-electron chi connectivity index (χ0n) is 12.7. The van der Waals surface area contributed by atoms with E-state index < -0.39 is 17.3 Å². The molecule has 1 aromatic heterocycles. The molecule has 0 aliphatic heterocycles. The number of aromatic carboxylic acids is 1. The minimum Gasteiger partial charge on any atom is -0.478 e. The molecule has 24 heavy (non-hydrogen) atoms. The molecule has 0 amide bonds. The number of benzene rings is 1. The Balaban J connectivity index is 1.76. The Kier molecular flexibility index (Phi) is 3.83. The van der Waals surface area contributed by atoms with Crippen molar-refractivity contribution in [2.45, 2.75) is 24.2 Å². The van der Waals surface area contributed by atoms with Crippen molar-refractivity contribution in [3.63, 3.8) is 0 Å². The minimum absolute atomic E-state index is 0.0556. The van der Waals surface area contributed by atoms with Gasteiger partial charge in [-0.1, -0.05) is 18.7 Å². The van der Waals surface area contributed by atoms with Gasteiger partial charge in [0.1, 0.15) is 5.75 Å². The lowest BCUT2D eigenvalue weighted by Crippen LogP contribution is -2.31. The van der Waals surface area contributed by atoms with Gasteiger partial charge < -0.3 is 9.84 Å². The number of allylic oxidation sites excluding steroid dienone is 1. The number of aromatic nitrogens is 1. The van der Waals surface area contributed by atoms with E-state index >= 15 is 0 Å². The van der Waals surface area contributed by atoms with Crippen LogP contribution < -0.4 is 4.74 Å². The fraction of sp³-hybridized carbons (Fsp3) is 0.222. The number of ether oxygens (including phenoxy) is 1. The number of carboxylic acid groups (broad SMARTS) is 1. The van der Waals surface area contributed by atoms with E-state index in [1.54, 1.807) is 24.3 Å². The number of nitrogens with zero attached hydrogens (tertiary/aromatic N) is 1. The van der Waals surface area contributed by atoms with Crippen molar-refractivity contribution in [1.29, 1.82) is 0 Å². The smallest absolute Gasteiger partial charge is 0.337 e. The van der Waals surface area contributed by atoms with Gasteiger partial charge in [-0.05, 0) is 42.7 Å². The molecule has 3 rings (SSSR count). The summed E-state index contributed by atoms with van der Waals surface area (Å²) in [5, 5.41) is 8.82. The molecule has 0 spiro atoms. The summed E-state index contributed by atoms with van der Waals surface area (Å²) in [4.78, 5) is 14.7. The summed E-state index contributed by atoms with van der Waals surface area (Å²) in [6.45, 7) is 3.23. The predicted octanol–water partition coefficient (Wildman–Crippen LogP) is 4.43. The van der Waals surface area contributed by atoms with Crippen LogP contribution in [-0.4, -0.2) is 22.0 Å². The Morgan fingerprint density at radius 1 is 1.25 bits per heavy atom. The Morgan fingerprint density at radius 2 is 1.92 bits per heavy atom. The third-order valence-corrected chi connectivity index (χ3v) is 4.26. The van der Waals surface area contributed by atoms with Crippen LogP contribution >= 0.6 is 0 Å².